The average molecular weight is 327 g/mol. The summed E-state index contributed by atoms with van der Waals surface area (Å²) in [5.74, 6) is 1.70. The van der Waals surface area contributed by atoms with Crippen molar-refractivity contribution in [3.05, 3.63) is 24.7 Å². The lowest BCUT2D eigenvalue weighted by Crippen LogP contribution is -2.25. The molecule has 1 aliphatic heterocycles. The zero-order chi connectivity index (χ0) is 16.2. The van der Waals surface area contributed by atoms with Crippen molar-refractivity contribution >= 4 is 10.9 Å². The van der Waals surface area contributed by atoms with E-state index < -0.39 is 0 Å². The van der Waals surface area contributed by atoms with Gasteiger partial charge in [0.25, 0.3) is 0 Å². The Bertz CT molecular complexity index is 679. The molecule has 0 bridgehead atoms. The number of hydrogen-bond acceptors (Lipinski definition) is 5. The molecule has 1 aromatic carbocycles. The molecule has 24 heavy (non-hydrogen) atoms. The van der Waals surface area contributed by atoms with E-state index in [1.807, 2.05) is 18.3 Å². The van der Waals surface area contributed by atoms with Gasteiger partial charge in [0.2, 0.25) is 0 Å². The maximum atomic E-state index is 6.24. The monoisotopic (exact) mass is 327 g/mol. The lowest BCUT2D eigenvalue weighted by Gasteiger charge is -2.18. The molecule has 0 atom stereocenters. The lowest BCUT2D eigenvalue weighted by molar-refractivity contribution is 0.209. The van der Waals surface area contributed by atoms with E-state index in [0.717, 1.165) is 41.8 Å². The third-order valence-electron chi connectivity index (χ3n) is 5.03. The van der Waals surface area contributed by atoms with Crippen LogP contribution in [0.25, 0.3) is 10.9 Å². The van der Waals surface area contributed by atoms with Gasteiger partial charge in [-0.25, -0.2) is 9.97 Å². The van der Waals surface area contributed by atoms with Crippen LogP contribution < -0.4 is 9.47 Å². The van der Waals surface area contributed by atoms with Crippen LogP contribution in [0.5, 0.6) is 11.5 Å². The molecule has 1 saturated heterocycles. The Balaban J connectivity index is 1.49. The van der Waals surface area contributed by atoms with Crippen molar-refractivity contribution in [3.63, 3.8) is 0 Å². The van der Waals surface area contributed by atoms with E-state index in [4.69, 9.17) is 9.47 Å². The quantitative estimate of drug-likeness (QED) is 0.813. The normalized spacial score (nSPS) is 19.2. The molecule has 1 aromatic heterocycles. The molecule has 5 heteroatoms. The summed E-state index contributed by atoms with van der Waals surface area (Å²) in [4.78, 5) is 11.0. The fraction of sp³-hybridized carbons (Fsp3) is 0.579. The molecule has 0 N–H and O–H groups in total. The summed E-state index contributed by atoms with van der Waals surface area (Å²) in [6.07, 6.45) is 11.1. The van der Waals surface area contributed by atoms with Gasteiger partial charge in [-0.1, -0.05) is 0 Å². The maximum absolute atomic E-state index is 6.24. The molecule has 1 saturated carbocycles. The third-order valence-corrected chi connectivity index (χ3v) is 5.03. The highest BCUT2D eigenvalue weighted by molar-refractivity contribution is 5.85. The van der Waals surface area contributed by atoms with Gasteiger partial charge in [-0.3, -0.25) is 4.90 Å². The summed E-state index contributed by atoms with van der Waals surface area (Å²) in [6.45, 7) is 4.09. The molecule has 2 heterocycles. The third kappa shape index (κ3) is 3.61. The van der Waals surface area contributed by atoms with Crippen LogP contribution in [0, 0.1) is 0 Å². The Hall–Kier alpha value is -1.88. The number of hydrogen-bond donors (Lipinski definition) is 0. The van der Waals surface area contributed by atoms with E-state index in [-0.39, 0.29) is 0 Å². The molecular weight excluding hydrogens is 302 g/mol. The summed E-state index contributed by atoms with van der Waals surface area (Å²) in [6, 6.07) is 4.00. The Labute approximate surface area is 143 Å². The van der Waals surface area contributed by atoms with Crippen LogP contribution in [-0.4, -0.2) is 47.2 Å². The highest BCUT2D eigenvalue weighted by Crippen LogP contribution is 2.33. The molecule has 5 nitrogen and oxygen atoms in total. The Morgan fingerprint density at radius 1 is 1.08 bits per heavy atom. The van der Waals surface area contributed by atoms with Crippen molar-refractivity contribution in [1.29, 1.82) is 0 Å². The largest absolute Gasteiger partial charge is 0.492 e. The number of fused-ring (bicyclic) bond motifs is 1. The minimum absolute atomic E-state index is 0.313. The van der Waals surface area contributed by atoms with Crippen molar-refractivity contribution < 1.29 is 9.47 Å². The maximum Gasteiger partial charge on any atom is 0.134 e. The molecule has 1 aliphatic carbocycles. The highest BCUT2D eigenvalue weighted by atomic mass is 16.5. The molecule has 0 amide bonds. The van der Waals surface area contributed by atoms with Crippen LogP contribution in [0.15, 0.2) is 24.7 Å². The van der Waals surface area contributed by atoms with E-state index in [2.05, 4.69) is 14.9 Å². The predicted octanol–water partition coefficient (Wildman–Crippen LogP) is 3.43. The zero-order valence-electron chi connectivity index (χ0n) is 14.1. The van der Waals surface area contributed by atoms with Crippen molar-refractivity contribution in [2.75, 3.05) is 26.2 Å². The standard InChI is InChI=1S/C19H25N3O2/c1-2-6-15(5-1)24-19-12-16(11-18-17(19)13-20-14-21-18)23-10-9-22-7-3-4-8-22/h11-15H,1-10H2. The van der Waals surface area contributed by atoms with Crippen LogP contribution in [0.3, 0.4) is 0 Å². The van der Waals surface area contributed by atoms with Gasteiger partial charge in [-0.05, 0) is 51.6 Å². The summed E-state index contributed by atoms with van der Waals surface area (Å²) >= 11 is 0. The molecule has 0 spiro atoms. The van der Waals surface area contributed by atoms with Crippen molar-refractivity contribution in [1.82, 2.24) is 14.9 Å². The van der Waals surface area contributed by atoms with E-state index in [1.165, 1.54) is 38.8 Å². The highest BCUT2D eigenvalue weighted by Gasteiger charge is 2.19. The van der Waals surface area contributed by atoms with Crippen molar-refractivity contribution in [2.24, 2.45) is 0 Å². The van der Waals surface area contributed by atoms with Gasteiger partial charge in [0.05, 0.1) is 17.0 Å². The molecule has 0 unspecified atom stereocenters. The number of benzene rings is 1. The van der Waals surface area contributed by atoms with E-state index in [9.17, 15) is 0 Å². The Kier molecular flexibility index (Phi) is 4.78. The van der Waals surface area contributed by atoms with E-state index in [0.29, 0.717) is 12.7 Å². The summed E-state index contributed by atoms with van der Waals surface area (Å²) in [7, 11) is 0. The minimum atomic E-state index is 0.313. The molecule has 2 fully saturated rings. The number of nitrogens with zero attached hydrogens (tertiary/aromatic N) is 3. The number of likely N-dealkylation sites (tertiary alicyclic amines) is 1. The Morgan fingerprint density at radius 3 is 2.75 bits per heavy atom. The number of rotatable bonds is 6. The summed E-state index contributed by atoms with van der Waals surface area (Å²) in [5.41, 5.74) is 0.886. The predicted molar refractivity (Wildman–Crippen MR) is 93.6 cm³/mol. The molecule has 4 rings (SSSR count). The van der Waals surface area contributed by atoms with Gasteiger partial charge < -0.3 is 9.47 Å². The number of aromatic nitrogens is 2. The van der Waals surface area contributed by atoms with Gasteiger partial charge in [-0.2, -0.15) is 0 Å². The van der Waals surface area contributed by atoms with E-state index in [1.54, 1.807) is 6.33 Å². The first kappa shape index (κ1) is 15.6. The van der Waals surface area contributed by atoms with Crippen molar-refractivity contribution in [2.45, 2.75) is 44.6 Å². The first-order valence-electron chi connectivity index (χ1n) is 9.14. The lowest BCUT2D eigenvalue weighted by atomic mass is 10.2. The Morgan fingerprint density at radius 2 is 1.92 bits per heavy atom. The molecule has 2 aromatic rings. The minimum Gasteiger partial charge on any atom is -0.492 e. The fourth-order valence-corrected chi connectivity index (χ4v) is 3.69. The SMILES string of the molecule is c1ncc2c(OC3CCCC3)cc(OCCN3CCCC3)cc2n1. The topological polar surface area (TPSA) is 47.5 Å². The summed E-state index contributed by atoms with van der Waals surface area (Å²) < 4.78 is 12.2. The summed E-state index contributed by atoms with van der Waals surface area (Å²) in [5, 5.41) is 0.969. The smallest absolute Gasteiger partial charge is 0.134 e. The van der Waals surface area contributed by atoms with Gasteiger partial charge in [0.1, 0.15) is 24.4 Å². The van der Waals surface area contributed by atoms with Crippen molar-refractivity contribution in [3.8, 4) is 11.5 Å². The molecule has 128 valence electrons. The first-order chi connectivity index (χ1) is 11.9. The second-order valence-corrected chi connectivity index (χ2v) is 6.80. The van der Waals surface area contributed by atoms with Crippen LogP contribution in [0.2, 0.25) is 0 Å². The second kappa shape index (κ2) is 7.34. The van der Waals surface area contributed by atoms with Crippen LogP contribution >= 0.6 is 0 Å². The molecule has 2 aliphatic rings. The van der Waals surface area contributed by atoms with E-state index >= 15 is 0 Å². The molecule has 0 radical (unpaired) electrons. The van der Waals surface area contributed by atoms with Crippen LogP contribution in [0.1, 0.15) is 38.5 Å². The number of ether oxygens (including phenoxy) is 2. The van der Waals surface area contributed by atoms with Gasteiger partial charge in [0.15, 0.2) is 0 Å². The molecular formula is C19H25N3O2. The fourth-order valence-electron chi connectivity index (χ4n) is 3.69. The second-order valence-electron chi connectivity index (χ2n) is 6.80. The zero-order valence-corrected chi connectivity index (χ0v) is 14.1. The first-order valence-corrected chi connectivity index (χ1v) is 9.14. The van der Waals surface area contributed by atoms with Crippen LogP contribution in [-0.2, 0) is 0 Å². The van der Waals surface area contributed by atoms with Crippen LogP contribution in [0.4, 0.5) is 0 Å². The van der Waals surface area contributed by atoms with Gasteiger partial charge >= 0.3 is 0 Å². The van der Waals surface area contributed by atoms with Gasteiger partial charge in [-0.15, -0.1) is 0 Å². The van der Waals surface area contributed by atoms with Gasteiger partial charge in [0, 0.05) is 24.9 Å². The average Bonchev–Trinajstić information content (AvgIpc) is 3.29.